The minimum absolute atomic E-state index is 0.187. The van der Waals surface area contributed by atoms with Crippen LogP contribution in [0.5, 0.6) is 0 Å². The summed E-state index contributed by atoms with van der Waals surface area (Å²) in [7, 11) is 0. The number of hydrogen-bond acceptors (Lipinski definition) is 6. The molecule has 9 nitrogen and oxygen atoms in total. The van der Waals surface area contributed by atoms with E-state index in [2.05, 4.69) is 25.3 Å². The van der Waals surface area contributed by atoms with Crippen molar-refractivity contribution in [2.45, 2.75) is 19.0 Å². The van der Waals surface area contributed by atoms with Crippen molar-refractivity contribution in [1.82, 2.24) is 34.8 Å². The zero-order chi connectivity index (χ0) is 17.2. The molecular formula is C16H18N8O. The van der Waals surface area contributed by atoms with Gasteiger partial charge in [-0.2, -0.15) is 0 Å². The number of carbonyl (C=O) groups excluding carboxylic acids is 1. The number of nitrogens with two attached hydrogens (primary N) is 1. The minimum atomic E-state index is -0.344. The Kier molecular flexibility index (Phi) is 3.98. The van der Waals surface area contributed by atoms with Crippen LogP contribution < -0.4 is 5.73 Å². The van der Waals surface area contributed by atoms with Gasteiger partial charge in [0.05, 0.1) is 30.5 Å². The molecule has 3 N–H and O–H groups in total. The van der Waals surface area contributed by atoms with Crippen LogP contribution in [0, 0.1) is 0 Å². The van der Waals surface area contributed by atoms with Gasteiger partial charge < -0.3 is 15.6 Å². The number of rotatable bonds is 4. The normalized spacial score (nSPS) is 16.7. The zero-order valence-electron chi connectivity index (χ0n) is 13.5. The molecule has 1 unspecified atom stereocenters. The van der Waals surface area contributed by atoms with Crippen molar-refractivity contribution in [3.8, 4) is 0 Å². The number of H-pyrrole nitrogens is 1. The summed E-state index contributed by atoms with van der Waals surface area (Å²) in [5, 5.41) is 7.95. The van der Waals surface area contributed by atoms with Crippen LogP contribution in [0.2, 0.25) is 0 Å². The van der Waals surface area contributed by atoms with Gasteiger partial charge >= 0.3 is 0 Å². The van der Waals surface area contributed by atoms with Gasteiger partial charge in [-0.25, -0.2) is 4.98 Å². The molecule has 3 aromatic rings. The van der Waals surface area contributed by atoms with Crippen LogP contribution in [0.15, 0.2) is 36.9 Å². The Morgan fingerprint density at radius 1 is 1.36 bits per heavy atom. The molecule has 1 aliphatic rings. The van der Waals surface area contributed by atoms with Crippen LogP contribution in [0.25, 0.3) is 0 Å². The molecule has 4 heterocycles. The molecule has 0 bridgehead atoms. The van der Waals surface area contributed by atoms with E-state index in [4.69, 9.17) is 5.73 Å². The second kappa shape index (κ2) is 6.44. The first-order valence-corrected chi connectivity index (χ1v) is 8.12. The smallest absolute Gasteiger partial charge is 0.276 e. The number of carbonyl (C=O) groups is 1. The molecule has 1 atom stereocenters. The van der Waals surface area contributed by atoms with E-state index in [1.54, 1.807) is 28.3 Å². The van der Waals surface area contributed by atoms with E-state index in [9.17, 15) is 4.79 Å². The standard InChI is InChI=1S/C16H18N8O/c17-5-8-23-9-13(21-22-23)16(25)24-7-4-11-14(20-10-19-11)15(24)12-3-1-2-6-18-12/h1-3,6,9-10,15H,4-5,7-8,17H2,(H,19,20). The van der Waals surface area contributed by atoms with Gasteiger partial charge in [0.15, 0.2) is 5.69 Å². The summed E-state index contributed by atoms with van der Waals surface area (Å²) in [5.41, 5.74) is 8.46. The number of imidazole rings is 1. The molecule has 25 heavy (non-hydrogen) atoms. The molecule has 4 rings (SSSR count). The monoisotopic (exact) mass is 338 g/mol. The average Bonchev–Trinajstić information content (AvgIpc) is 3.30. The number of hydrogen-bond donors (Lipinski definition) is 2. The third-order valence-corrected chi connectivity index (χ3v) is 4.27. The summed E-state index contributed by atoms with van der Waals surface area (Å²) in [5.74, 6) is -0.187. The summed E-state index contributed by atoms with van der Waals surface area (Å²) < 4.78 is 1.58. The van der Waals surface area contributed by atoms with Crippen molar-refractivity contribution in [3.05, 3.63) is 59.7 Å². The van der Waals surface area contributed by atoms with Gasteiger partial charge in [0.2, 0.25) is 0 Å². The Morgan fingerprint density at radius 3 is 3.08 bits per heavy atom. The van der Waals surface area contributed by atoms with E-state index in [1.807, 2.05) is 18.2 Å². The van der Waals surface area contributed by atoms with E-state index >= 15 is 0 Å². The first-order valence-electron chi connectivity index (χ1n) is 8.12. The Hall–Kier alpha value is -3.07. The van der Waals surface area contributed by atoms with Gasteiger partial charge in [0.1, 0.15) is 6.04 Å². The number of pyridine rings is 1. The van der Waals surface area contributed by atoms with Gasteiger partial charge in [-0.05, 0) is 12.1 Å². The quantitative estimate of drug-likeness (QED) is 0.698. The van der Waals surface area contributed by atoms with Crippen LogP contribution in [-0.4, -0.2) is 53.8 Å². The Bertz CT molecular complexity index is 871. The van der Waals surface area contributed by atoms with E-state index < -0.39 is 0 Å². The molecule has 9 heteroatoms. The van der Waals surface area contributed by atoms with E-state index in [0.717, 1.165) is 17.1 Å². The second-order valence-electron chi connectivity index (χ2n) is 5.83. The predicted octanol–water partition coefficient (Wildman–Crippen LogP) is 0.143. The fraction of sp³-hybridized carbons (Fsp3) is 0.312. The molecule has 128 valence electrons. The van der Waals surface area contributed by atoms with E-state index in [-0.39, 0.29) is 11.9 Å². The zero-order valence-corrected chi connectivity index (χ0v) is 13.5. The van der Waals surface area contributed by atoms with Crippen molar-refractivity contribution in [3.63, 3.8) is 0 Å². The molecule has 0 aliphatic carbocycles. The molecule has 0 aromatic carbocycles. The summed E-state index contributed by atoms with van der Waals surface area (Å²) in [6.07, 6.45) is 5.72. The number of fused-ring (bicyclic) bond motifs is 1. The lowest BCUT2D eigenvalue weighted by molar-refractivity contribution is 0.0681. The number of nitrogens with zero attached hydrogens (tertiary/aromatic N) is 6. The van der Waals surface area contributed by atoms with Gasteiger partial charge in [-0.1, -0.05) is 11.3 Å². The molecule has 0 fully saturated rings. The van der Waals surface area contributed by atoms with Crippen LogP contribution in [0.1, 0.15) is 33.6 Å². The third-order valence-electron chi connectivity index (χ3n) is 4.27. The maximum Gasteiger partial charge on any atom is 0.276 e. The summed E-state index contributed by atoms with van der Waals surface area (Å²) in [6, 6.07) is 5.31. The second-order valence-corrected chi connectivity index (χ2v) is 5.83. The lowest BCUT2D eigenvalue weighted by Gasteiger charge is -2.34. The SMILES string of the molecule is NCCn1cc(C(=O)N2CCc3[nH]cnc3C2c2ccccn2)nn1. The Balaban J connectivity index is 1.70. The van der Waals surface area contributed by atoms with Gasteiger partial charge in [0.25, 0.3) is 5.91 Å². The van der Waals surface area contributed by atoms with Crippen LogP contribution >= 0.6 is 0 Å². The van der Waals surface area contributed by atoms with Crippen LogP contribution in [-0.2, 0) is 13.0 Å². The van der Waals surface area contributed by atoms with Crippen LogP contribution in [0.4, 0.5) is 0 Å². The first-order chi connectivity index (χ1) is 12.3. The maximum atomic E-state index is 13.0. The molecule has 0 spiro atoms. The highest BCUT2D eigenvalue weighted by Gasteiger charge is 2.36. The average molecular weight is 338 g/mol. The van der Waals surface area contributed by atoms with Gasteiger partial charge in [-0.3, -0.25) is 14.5 Å². The number of aromatic nitrogens is 6. The fourth-order valence-electron chi connectivity index (χ4n) is 3.12. The van der Waals surface area contributed by atoms with Crippen molar-refractivity contribution in [2.24, 2.45) is 5.73 Å². The molecular weight excluding hydrogens is 320 g/mol. The molecule has 3 aromatic heterocycles. The van der Waals surface area contributed by atoms with Crippen LogP contribution in [0.3, 0.4) is 0 Å². The van der Waals surface area contributed by atoms with Crippen molar-refractivity contribution >= 4 is 5.91 Å². The minimum Gasteiger partial charge on any atom is -0.348 e. The lowest BCUT2D eigenvalue weighted by atomic mass is 9.99. The highest BCUT2D eigenvalue weighted by atomic mass is 16.2. The first kappa shape index (κ1) is 15.5. The maximum absolute atomic E-state index is 13.0. The largest absolute Gasteiger partial charge is 0.348 e. The number of nitrogens with one attached hydrogen (secondary N) is 1. The molecule has 0 saturated carbocycles. The van der Waals surface area contributed by atoms with Crippen molar-refractivity contribution in [2.75, 3.05) is 13.1 Å². The lowest BCUT2D eigenvalue weighted by Crippen LogP contribution is -2.41. The summed E-state index contributed by atoms with van der Waals surface area (Å²) >= 11 is 0. The molecule has 1 amide bonds. The van der Waals surface area contributed by atoms with E-state index in [1.165, 1.54) is 0 Å². The van der Waals surface area contributed by atoms with Gasteiger partial charge in [0, 0.05) is 31.4 Å². The highest BCUT2D eigenvalue weighted by Crippen LogP contribution is 2.32. The number of amides is 1. The van der Waals surface area contributed by atoms with Crippen molar-refractivity contribution < 1.29 is 4.79 Å². The van der Waals surface area contributed by atoms with E-state index in [0.29, 0.717) is 31.7 Å². The summed E-state index contributed by atoms with van der Waals surface area (Å²) in [6.45, 7) is 1.51. The molecule has 0 saturated heterocycles. The summed E-state index contributed by atoms with van der Waals surface area (Å²) in [4.78, 5) is 26.8. The fourth-order valence-corrected chi connectivity index (χ4v) is 3.12. The topological polar surface area (TPSA) is 119 Å². The number of aromatic amines is 1. The van der Waals surface area contributed by atoms with Crippen molar-refractivity contribution in [1.29, 1.82) is 0 Å². The predicted molar refractivity (Wildman–Crippen MR) is 88.5 cm³/mol. The molecule has 1 aliphatic heterocycles. The van der Waals surface area contributed by atoms with Gasteiger partial charge in [-0.15, -0.1) is 5.10 Å². The third kappa shape index (κ3) is 2.78. The highest BCUT2D eigenvalue weighted by molar-refractivity contribution is 5.92. The Morgan fingerprint density at radius 2 is 2.28 bits per heavy atom. The molecule has 0 radical (unpaired) electrons. The Labute approximate surface area is 143 Å².